The van der Waals surface area contributed by atoms with Crippen LogP contribution in [0.2, 0.25) is 0 Å². The Morgan fingerprint density at radius 3 is 2.56 bits per heavy atom. The van der Waals surface area contributed by atoms with Crippen LogP contribution in [0.4, 0.5) is 0 Å². The molecule has 0 bridgehead atoms. The Kier molecular flexibility index (Phi) is 4.33. The van der Waals surface area contributed by atoms with Crippen molar-refractivity contribution >= 4 is 11.3 Å². The molecule has 0 spiro atoms. The monoisotopic (exact) mass is 262 g/mol. The normalized spacial score (nSPS) is 12.4. The molecule has 0 radical (unpaired) electrons. The first kappa shape index (κ1) is 13.1. The van der Waals surface area contributed by atoms with E-state index in [-0.39, 0.29) is 6.10 Å². The molecule has 0 saturated heterocycles. The third-order valence-electron chi connectivity index (χ3n) is 2.74. The predicted molar refractivity (Wildman–Crippen MR) is 76.0 cm³/mol. The number of benzene rings is 1. The van der Waals surface area contributed by atoms with Crippen LogP contribution in [0.5, 0.6) is 5.75 Å². The minimum absolute atomic E-state index is 0.0953. The van der Waals surface area contributed by atoms with E-state index in [1.165, 1.54) is 0 Å². The first-order valence-electron chi connectivity index (χ1n) is 6.12. The molecular formula is C14H18N2OS. The fraction of sp³-hybridized carbons (Fsp3) is 0.357. The molecule has 3 nitrogen and oxygen atoms in total. The number of thiazole rings is 1. The second kappa shape index (κ2) is 5.98. The Balaban J connectivity index is 2.10. The van der Waals surface area contributed by atoms with Crippen LogP contribution in [0.1, 0.15) is 19.0 Å². The minimum atomic E-state index is 0.0953. The second-order valence-electron chi connectivity index (χ2n) is 4.20. The Labute approximate surface area is 112 Å². The maximum Gasteiger partial charge on any atom is 0.123 e. The van der Waals surface area contributed by atoms with Gasteiger partial charge in [-0.25, -0.2) is 4.98 Å². The Hall–Kier alpha value is -1.39. The third kappa shape index (κ3) is 3.09. The number of nitrogens with zero attached hydrogens (tertiary/aromatic N) is 1. The highest BCUT2D eigenvalue weighted by molar-refractivity contribution is 7.13. The van der Waals surface area contributed by atoms with Crippen LogP contribution in [-0.2, 0) is 0 Å². The molecule has 1 aromatic carbocycles. The number of hydrogen-bond donors (Lipinski definition) is 1. The summed E-state index contributed by atoms with van der Waals surface area (Å²) in [6, 6.07) is 8.03. The van der Waals surface area contributed by atoms with E-state index < -0.39 is 0 Å². The molecule has 0 saturated carbocycles. The van der Waals surface area contributed by atoms with Crippen molar-refractivity contribution in [2.75, 3.05) is 6.54 Å². The predicted octanol–water partition coefficient (Wildman–Crippen LogP) is 3.23. The largest absolute Gasteiger partial charge is 0.489 e. The topological polar surface area (TPSA) is 48.1 Å². The van der Waals surface area contributed by atoms with Gasteiger partial charge in [0.15, 0.2) is 0 Å². The molecule has 1 heterocycles. The van der Waals surface area contributed by atoms with Crippen molar-refractivity contribution in [2.24, 2.45) is 5.73 Å². The molecule has 96 valence electrons. The Morgan fingerprint density at radius 1 is 1.33 bits per heavy atom. The van der Waals surface area contributed by atoms with Crippen molar-refractivity contribution in [1.82, 2.24) is 4.98 Å². The molecule has 0 aliphatic heterocycles. The zero-order valence-corrected chi connectivity index (χ0v) is 11.5. The van der Waals surface area contributed by atoms with Crippen LogP contribution < -0.4 is 10.5 Å². The van der Waals surface area contributed by atoms with Crippen molar-refractivity contribution in [2.45, 2.75) is 26.4 Å². The molecule has 0 fully saturated rings. The lowest BCUT2D eigenvalue weighted by Crippen LogP contribution is -2.25. The highest BCUT2D eigenvalue weighted by Crippen LogP contribution is 2.25. The number of hydrogen-bond acceptors (Lipinski definition) is 4. The van der Waals surface area contributed by atoms with E-state index in [1.54, 1.807) is 11.3 Å². The summed E-state index contributed by atoms with van der Waals surface area (Å²) in [4.78, 5) is 4.46. The van der Waals surface area contributed by atoms with Crippen molar-refractivity contribution in [3.63, 3.8) is 0 Å². The van der Waals surface area contributed by atoms with E-state index in [0.717, 1.165) is 28.4 Å². The highest BCUT2D eigenvalue weighted by atomic mass is 32.1. The Bertz CT molecular complexity index is 489. The average molecular weight is 262 g/mol. The molecule has 2 N–H and O–H groups in total. The van der Waals surface area contributed by atoms with Gasteiger partial charge >= 0.3 is 0 Å². The summed E-state index contributed by atoms with van der Waals surface area (Å²) in [6.07, 6.45) is 1.02. The number of rotatable bonds is 5. The summed E-state index contributed by atoms with van der Waals surface area (Å²) in [7, 11) is 0. The second-order valence-corrected chi connectivity index (χ2v) is 5.06. The minimum Gasteiger partial charge on any atom is -0.489 e. The fourth-order valence-corrected chi connectivity index (χ4v) is 2.46. The van der Waals surface area contributed by atoms with E-state index >= 15 is 0 Å². The number of nitrogens with two attached hydrogens (primary N) is 1. The smallest absolute Gasteiger partial charge is 0.123 e. The van der Waals surface area contributed by atoms with E-state index in [9.17, 15) is 0 Å². The molecule has 2 rings (SSSR count). The molecule has 1 aromatic heterocycles. The van der Waals surface area contributed by atoms with Gasteiger partial charge in [-0.05, 0) is 37.6 Å². The quantitative estimate of drug-likeness (QED) is 0.900. The van der Waals surface area contributed by atoms with Gasteiger partial charge in [0.2, 0.25) is 0 Å². The van der Waals surface area contributed by atoms with E-state index in [4.69, 9.17) is 10.5 Å². The van der Waals surface area contributed by atoms with Crippen LogP contribution >= 0.6 is 11.3 Å². The van der Waals surface area contributed by atoms with Gasteiger partial charge in [0, 0.05) is 23.2 Å². The highest BCUT2D eigenvalue weighted by Gasteiger charge is 2.06. The first-order valence-corrected chi connectivity index (χ1v) is 7.00. The van der Waals surface area contributed by atoms with Crippen LogP contribution in [0.25, 0.3) is 10.6 Å². The third-order valence-corrected chi connectivity index (χ3v) is 3.75. The molecule has 4 heteroatoms. The molecule has 1 atom stereocenters. The first-order chi connectivity index (χ1) is 8.72. The molecule has 0 aliphatic carbocycles. The lowest BCUT2D eigenvalue weighted by Gasteiger charge is -2.15. The molecular weight excluding hydrogens is 244 g/mol. The molecule has 1 unspecified atom stereocenters. The van der Waals surface area contributed by atoms with Gasteiger partial charge < -0.3 is 10.5 Å². The lowest BCUT2D eigenvalue weighted by molar-refractivity contribution is 0.205. The summed E-state index contributed by atoms with van der Waals surface area (Å²) >= 11 is 1.66. The summed E-state index contributed by atoms with van der Waals surface area (Å²) in [5, 5.41) is 3.10. The van der Waals surface area contributed by atoms with Crippen molar-refractivity contribution < 1.29 is 4.74 Å². The van der Waals surface area contributed by atoms with Crippen LogP contribution in [0, 0.1) is 6.92 Å². The average Bonchev–Trinajstić information content (AvgIpc) is 2.83. The van der Waals surface area contributed by atoms with Crippen LogP contribution in [-0.4, -0.2) is 17.6 Å². The zero-order chi connectivity index (χ0) is 13.0. The molecule has 2 aromatic rings. The van der Waals surface area contributed by atoms with Gasteiger partial charge in [-0.15, -0.1) is 11.3 Å². The summed E-state index contributed by atoms with van der Waals surface area (Å²) < 4.78 is 5.77. The van der Waals surface area contributed by atoms with Crippen molar-refractivity contribution in [1.29, 1.82) is 0 Å². The molecule has 18 heavy (non-hydrogen) atoms. The van der Waals surface area contributed by atoms with E-state index in [2.05, 4.69) is 17.3 Å². The maximum atomic E-state index is 5.77. The summed E-state index contributed by atoms with van der Waals surface area (Å²) in [5.74, 6) is 0.865. The van der Waals surface area contributed by atoms with Crippen LogP contribution in [0.3, 0.4) is 0 Å². The van der Waals surface area contributed by atoms with E-state index in [0.29, 0.717) is 6.54 Å². The van der Waals surface area contributed by atoms with Gasteiger partial charge in [0.1, 0.15) is 16.9 Å². The maximum absolute atomic E-state index is 5.77. The lowest BCUT2D eigenvalue weighted by atomic mass is 10.2. The van der Waals surface area contributed by atoms with Crippen molar-refractivity contribution in [3.05, 3.63) is 35.3 Å². The molecule has 0 aliphatic rings. The van der Waals surface area contributed by atoms with E-state index in [1.807, 2.05) is 31.2 Å². The number of aromatic nitrogens is 1. The van der Waals surface area contributed by atoms with Crippen LogP contribution in [0.15, 0.2) is 29.6 Å². The van der Waals surface area contributed by atoms with Crippen molar-refractivity contribution in [3.8, 4) is 16.3 Å². The molecule has 0 amide bonds. The van der Waals surface area contributed by atoms with Gasteiger partial charge in [0.05, 0.1) is 0 Å². The standard InChI is InChI=1S/C14H18N2OS/c1-3-12(8-15)17-13-6-4-11(5-7-13)14-16-10(2)9-18-14/h4-7,9,12H,3,8,15H2,1-2H3. The van der Waals surface area contributed by atoms with Gasteiger partial charge in [-0.1, -0.05) is 6.92 Å². The zero-order valence-electron chi connectivity index (χ0n) is 10.7. The summed E-state index contributed by atoms with van der Waals surface area (Å²) in [6.45, 7) is 4.62. The number of ether oxygens (including phenoxy) is 1. The Morgan fingerprint density at radius 2 is 2.06 bits per heavy atom. The van der Waals surface area contributed by atoms with Gasteiger partial charge in [-0.2, -0.15) is 0 Å². The van der Waals surface area contributed by atoms with Gasteiger partial charge in [-0.3, -0.25) is 0 Å². The fourth-order valence-electron chi connectivity index (χ4n) is 1.65. The SMILES string of the molecule is CCC(CN)Oc1ccc(-c2nc(C)cs2)cc1. The summed E-state index contributed by atoms with van der Waals surface area (Å²) in [5.41, 5.74) is 7.81. The number of aryl methyl sites for hydroxylation is 1. The van der Waals surface area contributed by atoms with Gasteiger partial charge in [0.25, 0.3) is 0 Å².